The molecule has 0 fully saturated rings. The molecule has 2 rings (SSSR count). The lowest BCUT2D eigenvalue weighted by atomic mass is 9.99. The van der Waals surface area contributed by atoms with Crippen LogP contribution in [0.5, 0.6) is 0 Å². The topological polar surface area (TPSA) is 66.4 Å². The lowest BCUT2D eigenvalue weighted by Crippen LogP contribution is -2.31. The molecule has 1 atom stereocenters. The van der Waals surface area contributed by atoms with Crippen LogP contribution in [0.3, 0.4) is 0 Å². The smallest absolute Gasteiger partial charge is 0.305 e. The molecule has 0 aliphatic carbocycles. The third-order valence-corrected chi connectivity index (χ3v) is 3.97. The molecule has 5 heteroatoms. The molecule has 4 nitrogen and oxygen atoms in total. The van der Waals surface area contributed by atoms with E-state index in [1.807, 2.05) is 32.0 Å². The zero-order valence-electron chi connectivity index (χ0n) is 13.7. The number of aryl methyl sites for hydroxylation is 2. The standard InChI is InChI=1S/C19H20FNO3/c1-12-4-3-5-13(2)16(12)10-18(22)21-17(11-19(23)24)14-6-8-15(20)9-7-14/h3-9,17H,10-11H2,1-2H3,(H,21,22)(H,23,24). The first-order valence-corrected chi connectivity index (χ1v) is 7.68. The minimum atomic E-state index is -1.03. The number of carboxylic acids is 1. The fourth-order valence-electron chi connectivity index (χ4n) is 2.66. The summed E-state index contributed by atoms with van der Waals surface area (Å²) in [5.41, 5.74) is 3.53. The molecule has 126 valence electrons. The second-order valence-electron chi connectivity index (χ2n) is 5.82. The SMILES string of the molecule is Cc1cccc(C)c1CC(=O)NC(CC(=O)O)c1ccc(F)cc1. The van der Waals surface area contributed by atoms with Crippen molar-refractivity contribution < 1.29 is 19.1 Å². The summed E-state index contributed by atoms with van der Waals surface area (Å²) in [6, 6.07) is 10.6. The highest BCUT2D eigenvalue weighted by Crippen LogP contribution is 2.19. The molecule has 0 saturated carbocycles. The summed E-state index contributed by atoms with van der Waals surface area (Å²) < 4.78 is 13.0. The van der Waals surface area contributed by atoms with E-state index in [0.717, 1.165) is 16.7 Å². The molecule has 0 aromatic heterocycles. The van der Waals surface area contributed by atoms with Gasteiger partial charge in [-0.3, -0.25) is 9.59 Å². The van der Waals surface area contributed by atoms with Crippen molar-refractivity contribution in [3.8, 4) is 0 Å². The second kappa shape index (κ2) is 7.73. The summed E-state index contributed by atoms with van der Waals surface area (Å²) in [6.45, 7) is 3.87. The van der Waals surface area contributed by atoms with Gasteiger partial charge in [-0.05, 0) is 48.2 Å². The number of aliphatic carboxylic acids is 1. The molecular weight excluding hydrogens is 309 g/mol. The fraction of sp³-hybridized carbons (Fsp3) is 0.263. The molecule has 2 aromatic carbocycles. The molecule has 0 saturated heterocycles. The summed E-state index contributed by atoms with van der Waals surface area (Å²) in [6.07, 6.45) is -0.0834. The van der Waals surface area contributed by atoms with Gasteiger partial charge >= 0.3 is 5.97 Å². The number of carboxylic acid groups (broad SMARTS) is 1. The first-order chi connectivity index (χ1) is 11.4. The molecular formula is C19H20FNO3. The van der Waals surface area contributed by atoms with E-state index in [1.165, 1.54) is 24.3 Å². The number of rotatable bonds is 6. The van der Waals surface area contributed by atoms with Gasteiger partial charge in [-0.2, -0.15) is 0 Å². The molecule has 0 bridgehead atoms. The maximum absolute atomic E-state index is 13.0. The summed E-state index contributed by atoms with van der Waals surface area (Å²) in [4.78, 5) is 23.4. The van der Waals surface area contributed by atoms with Crippen molar-refractivity contribution in [3.05, 3.63) is 70.5 Å². The van der Waals surface area contributed by atoms with Gasteiger partial charge in [0.15, 0.2) is 0 Å². The summed E-state index contributed by atoms with van der Waals surface area (Å²) in [5, 5.41) is 11.8. The highest BCUT2D eigenvalue weighted by molar-refractivity contribution is 5.80. The highest BCUT2D eigenvalue weighted by atomic mass is 19.1. The Morgan fingerprint density at radius 1 is 1.08 bits per heavy atom. The zero-order chi connectivity index (χ0) is 17.7. The van der Waals surface area contributed by atoms with E-state index in [-0.39, 0.29) is 18.7 Å². The summed E-state index contributed by atoms with van der Waals surface area (Å²) in [5.74, 6) is -1.70. The predicted octanol–water partition coefficient (Wildman–Crippen LogP) is 3.32. The molecule has 0 heterocycles. The monoisotopic (exact) mass is 329 g/mol. The maximum Gasteiger partial charge on any atom is 0.305 e. The van der Waals surface area contributed by atoms with Gasteiger partial charge in [0.05, 0.1) is 18.9 Å². The first-order valence-electron chi connectivity index (χ1n) is 7.68. The van der Waals surface area contributed by atoms with Crippen LogP contribution >= 0.6 is 0 Å². The number of halogens is 1. The molecule has 1 amide bonds. The summed E-state index contributed by atoms with van der Waals surface area (Å²) in [7, 11) is 0. The van der Waals surface area contributed by atoms with Crippen LogP contribution in [0.1, 0.15) is 34.7 Å². The largest absolute Gasteiger partial charge is 0.481 e. The van der Waals surface area contributed by atoms with Crippen LogP contribution in [-0.4, -0.2) is 17.0 Å². The number of amides is 1. The molecule has 24 heavy (non-hydrogen) atoms. The molecule has 0 spiro atoms. The lowest BCUT2D eigenvalue weighted by molar-refractivity contribution is -0.137. The Morgan fingerprint density at radius 2 is 1.67 bits per heavy atom. The number of nitrogens with one attached hydrogen (secondary N) is 1. The van der Waals surface area contributed by atoms with Crippen LogP contribution in [0, 0.1) is 19.7 Å². The average Bonchev–Trinajstić information content (AvgIpc) is 2.51. The van der Waals surface area contributed by atoms with E-state index in [2.05, 4.69) is 5.32 Å². The Bertz CT molecular complexity index is 721. The highest BCUT2D eigenvalue weighted by Gasteiger charge is 2.19. The fourth-order valence-corrected chi connectivity index (χ4v) is 2.66. The van der Waals surface area contributed by atoms with Crippen molar-refractivity contribution in [2.24, 2.45) is 0 Å². The van der Waals surface area contributed by atoms with Gasteiger partial charge in [0.1, 0.15) is 5.82 Å². The minimum absolute atomic E-state index is 0.176. The van der Waals surface area contributed by atoms with E-state index in [0.29, 0.717) is 5.56 Å². The predicted molar refractivity (Wildman–Crippen MR) is 89.2 cm³/mol. The van der Waals surface area contributed by atoms with Gasteiger partial charge in [0.25, 0.3) is 0 Å². The Hall–Kier alpha value is -2.69. The van der Waals surface area contributed by atoms with Gasteiger partial charge in [-0.1, -0.05) is 30.3 Å². The van der Waals surface area contributed by atoms with Crippen LogP contribution in [0.4, 0.5) is 4.39 Å². The van der Waals surface area contributed by atoms with Crippen LogP contribution in [0.2, 0.25) is 0 Å². The quantitative estimate of drug-likeness (QED) is 0.854. The van der Waals surface area contributed by atoms with Crippen molar-refractivity contribution in [1.29, 1.82) is 0 Å². The van der Waals surface area contributed by atoms with Crippen molar-refractivity contribution in [3.63, 3.8) is 0 Å². The Morgan fingerprint density at radius 3 is 2.21 bits per heavy atom. The van der Waals surface area contributed by atoms with Crippen LogP contribution in [0.15, 0.2) is 42.5 Å². The number of carbonyl (C=O) groups is 2. The molecule has 2 N–H and O–H groups in total. The van der Waals surface area contributed by atoms with Gasteiger partial charge in [-0.25, -0.2) is 4.39 Å². The second-order valence-corrected chi connectivity index (χ2v) is 5.82. The van der Waals surface area contributed by atoms with Crippen LogP contribution in [0.25, 0.3) is 0 Å². The van der Waals surface area contributed by atoms with Crippen molar-refractivity contribution in [2.45, 2.75) is 32.7 Å². The van der Waals surface area contributed by atoms with Gasteiger partial charge in [0, 0.05) is 0 Å². The van der Waals surface area contributed by atoms with Crippen molar-refractivity contribution in [2.75, 3.05) is 0 Å². The van der Waals surface area contributed by atoms with Gasteiger partial charge in [0.2, 0.25) is 5.91 Å². The Balaban J connectivity index is 2.15. The molecule has 0 radical (unpaired) electrons. The number of carbonyl (C=O) groups excluding carboxylic acids is 1. The first kappa shape index (κ1) is 17.7. The Labute approximate surface area is 140 Å². The van der Waals surface area contributed by atoms with Crippen LogP contribution < -0.4 is 5.32 Å². The third-order valence-electron chi connectivity index (χ3n) is 3.97. The zero-order valence-corrected chi connectivity index (χ0v) is 13.7. The van der Waals surface area contributed by atoms with E-state index >= 15 is 0 Å². The number of hydrogen-bond donors (Lipinski definition) is 2. The van der Waals surface area contributed by atoms with E-state index in [1.54, 1.807) is 0 Å². The minimum Gasteiger partial charge on any atom is -0.481 e. The van der Waals surface area contributed by atoms with E-state index < -0.39 is 17.8 Å². The van der Waals surface area contributed by atoms with Crippen LogP contribution in [-0.2, 0) is 16.0 Å². The van der Waals surface area contributed by atoms with E-state index in [9.17, 15) is 14.0 Å². The normalized spacial score (nSPS) is 11.8. The summed E-state index contributed by atoms with van der Waals surface area (Å²) >= 11 is 0. The molecule has 0 aliphatic rings. The molecule has 2 aromatic rings. The van der Waals surface area contributed by atoms with Gasteiger partial charge in [-0.15, -0.1) is 0 Å². The lowest BCUT2D eigenvalue weighted by Gasteiger charge is -2.18. The number of benzene rings is 2. The number of hydrogen-bond acceptors (Lipinski definition) is 2. The van der Waals surface area contributed by atoms with E-state index in [4.69, 9.17) is 5.11 Å². The molecule has 0 aliphatic heterocycles. The average molecular weight is 329 g/mol. The van der Waals surface area contributed by atoms with Gasteiger partial charge < -0.3 is 10.4 Å². The maximum atomic E-state index is 13.0. The molecule has 1 unspecified atom stereocenters. The van der Waals surface area contributed by atoms with Crippen molar-refractivity contribution in [1.82, 2.24) is 5.32 Å². The third kappa shape index (κ3) is 4.65. The van der Waals surface area contributed by atoms with Crippen molar-refractivity contribution >= 4 is 11.9 Å². The Kier molecular flexibility index (Phi) is 5.68.